The molecule has 2 saturated heterocycles. The van der Waals surface area contributed by atoms with Gasteiger partial charge in [0.1, 0.15) is 5.54 Å². The van der Waals surface area contributed by atoms with Crippen molar-refractivity contribution in [3.05, 3.63) is 71.5 Å². The van der Waals surface area contributed by atoms with Crippen LogP contribution in [0.15, 0.2) is 60.2 Å². The maximum Gasteiger partial charge on any atom is 0.322 e. The van der Waals surface area contributed by atoms with Crippen LogP contribution in [0, 0.1) is 5.92 Å². The minimum atomic E-state index is -0.869. The van der Waals surface area contributed by atoms with Crippen LogP contribution in [0.2, 0.25) is 0 Å². The van der Waals surface area contributed by atoms with Crippen LogP contribution in [0.25, 0.3) is 5.13 Å². The molecule has 2 aliphatic heterocycles. The maximum atomic E-state index is 12.9. The van der Waals surface area contributed by atoms with E-state index in [2.05, 4.69) is 37.2 Å². The molecule has 2 aliphatic rings. The predicted octanol–water partition coefficient (Wildman–Crippen LogP) is 2.97. The van der Waals surface area contributed by atoms with E-state index >= 15 is 0 Å². The molecular formula is C23H25N5O2S. The molecule has 1 aromatic carbocycles. The number of urea groups is 1. The Hall–Kier alpha value is -2.97. The largest absolute Gasteiger partial charge is 0.323 e. The maximum absolute atomic E-state index is 12.9. The second kappa shape index (κ2) is 8.28. The van der Waals surface area contributed by atoms with Crippen LogP contribution >= 0.6 is 11.3 Å². The lowest BCUT2D eigenvalue weighted by molar-refractivity contribution is -0.126. The number of carbonyl (C=O) groups excluding carboxylic acids is 2. The highest BCUT2D eigenvalue weighted by Crippen LogP contribution is 2.34. The first-order valence-corrected chi connectivity index (χ1v) is 11.5. The monoisotopic (exact) mass is 435 g/mol. The molecule has 2 fully saturated rings. The summed E-state index contributed by atoms with van der Waals surface area (Å²) in [7, 11) is 0. The third-order valence-electron chi connectivity index (χ3n) is 6.42. The van der Waals surface area contributed by atoms with Crippen LogP contribution in [0.5, 0.6) is 0 Å². The number of nitrogens with zero attached hydrogens (tertiary/aromatic N) is 3. The molecule has 7 nitrogen and oxygen atoms in total. The molecule has 0 spiro atoms. The molecular weight excluding hydrogens is 410 g/mol. The number of hydrogen-bond acceptors (Lipinski definition) is 5. The molecule has 31 heavy (non-hydrogen) atoms. The second-order valence-corrected chi connectivity index (χ2v) is 9.15. The van der Waals surface area contributed by atoms with Gasteiger partial charge in [-0.15, -0.1) is 11.3 Å². The summed E-state index contributed by atoms with van der Waals surface area (Å²) in [6.07, 6.45) is 6.11. The minimum Gasteiger partial charge on any atom is -0.323 e. The van der Waals surface area contributed by atoms with Crippen molar-refractivity contribution in [3.63, 3.8) is 0 Å². The van der Waals surface area contributed by atoms with Gasteiger partial charge in [0.25, 0.3) is 5.91 Å². The van der Waals surface area contributed by atoms with E-state index in [0.29, 0.717) is 6.42 Å². The summed E-state index contributed by atoms with van der Waals surface area (Å²) < 4.78 is 2.14. The Kier molecular flexibility index (Phi) is 5.33. The van der Waals surface area contributed by atoms with Gasteiger partial charge < -0.3 is 5.32 Å². The average molecular weight is 436 g/mol. The number of carbonyl (C=O) groups is 2. The van der Waals surface area contributed by atoms with Crippen LogP contribution in [0.4, 0.5) is 4.79 Å². The average Bonchev–Trinajstić information content (AvgIpc) is 3.51. The van der Waals surface area contributed by atoms with Crippen LogP contribution in [-0.2, 0) is 17.8 Å². The Morgan fingerprint density at radius 3 is 2.58 bits per heavy atom. The number of amides is 3. The molecule has 1 atom stereocenters. The van der Waals surface area contributed by atoms with Crippen LogP contribution < -0.4 is 10.6 Å². The lowest BCUT2D eigenvalue weighted by Crippen LogP contribution is -2.57. The van der Waals surface area contributed by atoms with Crippen molar-refractivity contribution in [3.8, 4) is 5.13 Å². The zero-order valence-corrected chi connectivity index (χ0v) is 18.0. The molecule has 5 rings (SSSR count). The van der Waals surface area contributed by atoms with Crippen LogP contribution in [0.1, 0.15) is 24.1 Å². The summed E-state index contributed by atoms with van der Waals surface area (Å²) in [5.41, 5.74) is 1.40. The summed E-state index contributed by atoms with van der Waals surface area (Å²) in [5.74, 6) is -0.0985. The molecule has 160 valence electrons. The topological polar surface area (TPSA) is 79.3 Å². The molecule has 4 heterocycles. The van der Waals surface area contributed by atoms with Gasteiger partial charge in [-0.3, -0.25) is 19.6 Å². The number of hydrogen-bond donors (Lipinski definition) is 2. The highest BCUT2D eigenvalue weighted by Gasteiger charge is 2.52. The predicted molar refractivity (Wildman–Crippen MR) is 119 cm³/mol. The molecule has 0 radical (unpaired) electrons. The summed E-state index contributed by atoms with van der Waals surface area (Å²) in [4.78, 5) is 31.8. The lowest BCUT2D eigenvalue weighted by Gasteiger charge is -2.40. The van der Waals surface area contributed by atoms with Crippen molar-refractivity contribution >= 4 is 23.3 Å². The van der Waals surface area contributed by atoms with Gasteiger partial charge in [0.05, 0.1) is 0 Å². The van der Waals surface area contributed by atoms with Gasteiger partial charge in [-0.2, -0.15) is 0 Å². The Morgan fingerprint density at radius 1 is 1.10 bits per heavy atom. The summed E-state index contributed by atoms with van der Waals surface area (Å²) in [6.45, 7) is 2.60. The molecule has 2 N–H and O–H groups in total. The van der Waals surface area contributed by atoms with E-state index < -0.39 is 5.54 Å². The highest BCUT2D eigenvalue weighted by atomic mass is 32.1. The molecule has 0 saturated carbocycles. The molecule has 3 amide bonds. The first-order valence-electron chi connectivity index (χ1n) is 10.6. The van der Waals surface area contributed by atoms with Crippen molar-refractivity contribution in [1.29, 1.82) is 0 Å². The summed E-state index contributed by atoms with van der Waals surface area (Å²) in [5, 5.41) is 8.44. The Balaban J connectivity index is 1.29. The van der Waals surface area contributed by atoms with Crippen molar-refractivity contribution in [2.75, 3.05) is 13.1 Å². The van der Waals surface area contributed by atoms with Crippen molar-refractivity contribution in [1.82, 2.24) is 25.1 Å². The van der Waals surface area contributed by atoms with E-state index in [-0.39, 0.29) is 17.9 Å². The van der Waals surface area contributed by atoms with Gasteiger partial charge >= 0.3 is 6.03 Å². The molecule has 0 bridgehead atoms. The quantitative estimate of drug-likeness (QED) is 0.584. The number of rotatable bonds is 6. The highest BCUT2D eigenvalue weighted by molar-refractivity contribution is 7.12. The van der Waals surface area contributed by atoms with Gasteiger partial charge in [-0.1, -0.05) is 30.3 Å². The van der Waals surface area contributed by atoms with Gasteiger partial charge in [0.15, 0.2) is 5.13 Å². The van der Waals surface area contributed by atoms with E-state index in [4.69, 9.17) is 0 Å². The number of benzene rings is 1. The van der Waals surface area contributed by atoms with Crippen molar-refractivity contribution < 1.29 is 9.59 Å². The Morgan fingerprint density at radius 2 is 1.90 bits per heavy atom. The molecule has 8 heteroatoms. The fraction of sp³-hybridized carbons (Fsp3) is 0.348. The van der Waals surface area contributed by atoms with Crippen molar-refractivity contribution in [2.45, 2.75) is 31.3 Å². The van der Waals surface area contributed by atoms with Gasteiger partial charge in [0.2, 0.25) is 0 Å². The number of likely N-dealkylation sites (tertiary alicyclic amines) is 1. The Bertz CT molecular complexity index is 1060. The lowest BCUT2D eigenvalue weighted by atomic mass is 9.74. The van der Waals surface area contributed by atoms with Crippen molar-refractivity contribution in [2.24, 2.45) is 5.92 Å². The van der Waals surface area contributed by atoms with Gasteiger partial charge in [-0.05, 0) is 49.5 Å². The third-order valence-corrected chi connectivity index (χ3v) is 7.19. The number of aromatic nitrogens is 2. The van der Waals surface area contributed by atoms with E-state index in [0.717, 1.165) is 43.2 Å². The number of imide groups is 1. The SMILES string of the molecule is O=C1NC(=O)C(Cc2ccccc2)(C2CCN(Cc3cccn3-c3nccs3)CC2)N1. The number of thiazole rings is 1. The van der Waals surface area contributed by atoms with E-state index in [1.807, 2.05) is 48.1 Å². The second-order valence-electron chi connectivity index (χ2n) is 8.28. The van der Waals surface area contributed by atoms with Gasteiger partial charge in [-0.25, -0.2) is 9.78 Å². The fourth-order valence-corrected chi connectivity index (χ4v) is 5.52. The van der Waals surface area contributed by atoms with Gasteiger partial charge in [0, 0.05) is 36.4 Å². The first-order chi connectivity index (χ1) is 15.1. The van der Waals surface area contributed by atoms with Crippen LogP contribution in [0.3, 0.4) is 0 Å². The van der Waals surface area contributed by atoms with E-state index in [1.54, 1.807) is 11.3 Å². The van der Waals surface area contributed by atoms with E-state index in [1.165, 1.54) is 5.69 Å². The van der Waals surface area contributed by atoms with E-state index in [9.17, 15) is 9.59 Å². The normalized spacial score (nSPS) is 22.5. The minimum absolute atomic E-state index is 0.0983. The number of piperidine rings is 1. The fourth-order valence-electron chi connectivity index (χ4n) is 4.86. The smallest absolute Gasteiger partial charge is 0.322 e. The molecule has 3 aromatic rings. The first kappa shape index (κ1) is 20.0. The standard InChI is InChI=1S/C23H25N5O2S/c29-20-23(26-21(30)25-20,15-17-5-2-1-3-6-17)18-8-12-27(13-9-18)16-19-7-4-11-28(19)22-24-10-14-31-22/h1-7,10-11,14,18H,8-9,12-13,15-16H2,(H2,25,26,29,30). The van der Waals surface area contributed by atoms with Crippen LogP contribution in [-0.4, -0.2) is 45.0 Å². The zero-order valence-electron chi connectivity index (χ0n) is 17.2. The zero-order chi connectivity index (χ0) is 21.3. The summed E-state index contributed by atoms with van der Waals surface area (Å²) in [6, 6.07) is 13.7. The Labute approximate surface area is 185 Å². The third kappa shape index (κ3) is 3.88. The molecule has 2 aromatic heterocycles. The molecule has 0 aliphatic carbocycles. The number of nitrogens with one attached hydrogen (secondary N) is 2. The summed E-state index contributed by atoms with van der Waals surface area (Å²) >= 11 is 1.62. The molecule has 1 unspecified atom stereocenters.